The fourth-order valence-electron chi connectivity index (χ4n) is 8.71. The highest BCUT2D eigenvalue weighted by molar-refractivity contribution is 5.69. The number of rotatable bonds is 49. The Morgan fingerprint density at radius 1 is 0.387 bits per heavy atom. The molecule has 0 aliphatic heterocycles. The van der Waals surface area contributed by atoms with Crippen molar-refractivity contribution in [2.45, 2.75) is 259 Å². The third-order valence-corrected chi connectivity index (χ3v) is 12.9. The first-order valence-corrected chi connectivity index (χ1v) is 27.3. The maximum atomic E-state index is 12.4. The fourth-order valence-corrected chi connectivity index (χ4v) is 8.71. The summed E-state index contributed by atoms with van der Waals surface area (Å²) in [6, 6.07) is 0. The highest BCUT2D eigenvalue weighted by atomic mass is 16.5. The Morgan fingerprint density at radius 3 is 1.05 bits per heavy atom. The van der Waals surface area contributed by atoms with Crippen LogP contribution in [0.5, 0.6) is 0 Å². The Labute approximate surface area is 388 Å². The molecule has 0 aliphatic carbocycles. The topological polar surface area (TPSA) is 59.1 Å². The highest BCUT2D eigenvalue weighted by Gasteiger charge is 2.10. The first-order valence-electron chi connectivity index (χ1n) is 27.3. The average molecular weight is 873 g/mol. The maximum absolute atomic E-state index is 12.4. The molecule has 0 aromatic heterocycles. The van der Waals surface area contributed by atoms with E-state index < -0.39 is 0 Å². The van der Waals surface area contributed by atoms with Gasteiger partial charge in [0.2, 0.25) is 0 Å². The van der Waals surface area contributed by atoms with E-state index >= 15 is 0 Å². The molecule has 0 heterocycles. The molecule has 0 amide bonds. The Hall–Kier alpha value is -1.66. The predicted octanol–water partition coefficient (Wildman–Crippen LogP) is 16.4. The van der Waals surface area contributed by atoms with E-state index in [0.717, 1.165) is 56.9 Å². The number of carbonyl (C=O) groups is 2. The molecule has 0 saturated carbocycles. The molecule has 0 radical (unpaired) electrons. The molecule has 366 valence electrons. The average Bonchev–Trinajstić information content (AvgIpc) is 3.26. The van der Waals surface area contributed by atoms with Gasteiger partial charge in [-0.25, -0.2) is 0 Å². The van der Waals surface area contributed by atoms with Gasteiger partial charge in [0.25, 0.3) is 0 Å². The summed E-state index contributed by atoms with van der Waals surface area (Å²) in [7, 11) is 4.33. The van der Waals surface area contributed by atoms with Crippen molar-refractivity contribution in [3.8, 4) is 0 Å². The minimum atomic E-state index is -0.0443. The van der Waals surface area contributed by atoms with E-state index in [1.165, 1.54) is 199 Å². The van der Waals surface area contributed by atoms with Crippen LogP contribution in [0.25, 0.3) is 0 Å². The first kappa shape index (κ1) is 60.3. The summed E-state index contributed by atoms with van der Waals surface area (Å²) in [6.07, 6.45) is 52.7. The van der Waals surface area contributed by atoms with Gasteiger partial charge in [-0.3, -0.25) is 9.59 Å². The van der Waals surface area contributed by atoms with Crippen molar-refractivity contribution in [3.63, 3.8) is 0 Å². The van der Waals surface area contributed by atoms with Gasteiger partial charge in [0.05, 0.1) is 0 Å². The van der Waals surface area contributed by atoms with E-state index in [0.29, 0.717) is 26.1 Å². The second kappa shape index (κ2) is 48.8. The van der Waals surface area contributed by atoms with Crippen LogP contribution in [-0.2, 0) is 19.1 Å². The van der Waals surface area contributed by atoms with Crippen molar-refractivity contribution < 1.29 is 19.1 Å². The Balaban J connectivity index is 4.24. The lowest BCUT2D eigenvalue weighted by Gasteiger charge is -2.23. The van der Waals surface area contributed by atoms with Gasteiger partial charge in [0.15, 0.2) is 0 Å². The summed E-state index contributed by atoms with van der Waals surface area (Å²) in [6.45, 7) is 14.7. The zero-order valence-corrected chi connectivity index (χ0v) is 42.7. The number of esters is 2. The Morgan fingerprint density at radius 2 is 0.694 bits per heavy atom. The first-order chi connectivity index (χ1) is 30.4. The van der Waals surface area contributed by atoms with E-state index in [9.17, 15) is 9.59 Å². The third-order valence-electron chi connectivity index (χ3n) is 12.9. The molecule has 0 spiro atoms. The summed E-state index contributed by atoms with van der Waals surface area (Å²) in [4.78, 5) is 29.7. The molecule has 0 unspecified atom stereocenters. The second-order valence-electron chi connectivity index (χ2n) is 19.3. The lowest BCUT2D eigenvalue weighted by Crippen LogP contribution is -2.28. The van der Waals surface area contributed by atoms with E-state index in [1.807, 2.05) is 0 Å². The van der Waals surface area contributed by atoms with Gasteiger partial charge in [0.1, 0.15) is 13.2 Å². The summed E-state index contributed by atoms with van der Waals surface area (Å²) >= 11 is 0. The van der Waals surface area contributed by atoms with E-state index in [2.05, 4.69) is 75.9 Å². The smallest absolute Gasteiger partial charge is 0.306 e. The number of ether oxygens (including phenoxy) is 2. The number of allylic oxidation sites excluding steroid dienone is 2. The minimum absolute atomic E-state index is 0.0443. The van der Waals surface area contributed by atoms with Crippen molar-refractivity contribution in [1.29, 1.82) is 0 Å². The van der Waals surface area contributed by atoms with Crippen LogP contribution in [0.2, 0.25) is 0 Å². The molecule has 0 saturated heterocycles. The van der Waals surface area contributed by atoms with Crippen LogP contribution >= 0.6 is 0 Å². The van der Waals surface area contributed by atoms with Crippen molar-refractivity contribution in [1.82, 2.24) is 9.80 Å². The molecule has 6 heteroatoms. The molecule has 6 nitrogen and oxygen atoms in total. The summed E-state index contributed by atoms with van der Waals surface area (Å²) < 4.78 is 11.1. The highest BCUT2D eigenvalue weighted by Crippen LogP contribution is 2.23. The largest absolute Gasteiger partial charge is 0.461 e. The van der Waals surface area contributed by atoms with Crippen molar-refractivity contribution in [2.24, 2.45) is 11.8 Å². The maximum Gasteiger partial charge on any atom is 0.306 e. The van der Waals surface area contributed by atoms with Crippen molar-refractivity contribution in [2.75, 3.05) is 53.5 Å². The summed E-state index contributed by atoms with van der Waals surface area (Å²) in [5, 5.41) is 0. The monoisotopic (exact) mass is 873 g/mol. The Kier molecular flexibility index (Phi) is 47.5. The SMILES string of the molecule is CCCCCCC(CC=CCOC(=O)CCCCCCCN(CCCCCCCC(=O)OCC=CCC(CCCCCC)CCCCCC)CCCCN(C)C)CCCCCC. The van der Waals surface area contributed by atoms with Gasteiger partial charge in [0, 0.05) is 12.8 Å². The van der Waals surface area contributed by atoms with Crippen LogP contribution in [-0.4, -0.2) is 75.2 Å². The molecular weight excluding hydrogens is 765 g/mol. The summed E-state index contributed by atoms with van der Waals surface area (Å²) in [5.74, 6) is 1.47. The van der Waals surface area contributed by atoms with Crippen LogP contribution in [0.1, 0.15) is 259 Å². The number of unbranched alkanes of at least 4 members (excludes halogenated alkanes) is 21. The van der Waals surface area contributed by atoms with E-state index in [1.54, 1.807) is 0 Å². The number of hydrogen-bond acceptors (Lipinski definition) is 6. The van der Waals surface area contributed by atoms with Gasteiger partial charge in [-0.05, 0) is 103 Å². The molecule has 0 atom stereocenters. The minimum Gasteiger partial charge on any atom is -0.461 e. The van der Waals surface area contributed by atoms with Crippen molar-refractivity contribution in [3.05, 3.63) is 24.3 Å². The number of nitrogens with zero attached hydrogens (tertiary/aromatic N) is 2. The van der Waals surface area contributed by atoms with Crippen LogP contribution in [0, 0.1) is 11.8 Å². The van der Waals surface area contributed by atoms with E-state index in [-0.39, 0.29) is 11.9 Å². The van der Waals surface area contributed by atoms with Gasteiger partial charge >= 0.3 is 11.9 Å². The zero-order valence-electron chi connectivity index (χ0n) is 42.7. The lowest BCUT2D eigenvalue weighted by molar-refractivity contribution is -0.143. The standard InChI is InChI=1S/C56H108N2O4/c1-7-11-15-25-39-53(40-26-16-12-8-2)43-31-37-51-61-55(59)45-29-21-19-23-33-48-58(50-36-35-47-57(5)6)49-34-24-20-22-30-46-56(60)62-52-38-32-44-54(41-27-17-13-9-3)42-28-18-14-10-4/h31-32,37-38,53-54H,7-30,33-36,39-52H2,1-6H3. The predicted molar refractivity (Wildman–Crippen MR) is 271 cm³/mol. The normalized spacial score (nSPS) is 12.1. The molecule has 0 N–H and O–H groups in total. The number of carbonyl (C=O) groups excluding carboxylic acids is 2. The van der Waals surface area contributed by atoms with Gasteiger partial charge in [-0.1, -0.05) is 219 Å². The molecule has 0 aromatic rings. The summed E-state index contributed by atoms with van der Waals surface area (Å²) in [5.41, 5.74) is 0. The third kappa shape index (κ3) is 44.9. The molecule has 0 aliphatic rings. The van der Waals surface area contributed by atoms with Crippen LogP contribution in [0.15, 0.2) is 24.3 Å². The molecular formula is C56H108N2O4. The van der Waals surface area contributed by atoms with Gasteiger partial charge in [-0.2, -0.15) is 0 Å². The zero-order chi connectivity index (χ0) is 45.4. The lowest BCUT2D eigenvalue weighted by atomic mass is 9.91. The van der Waals surface area contributed by atoms with Crippen LogP contribution in [0.3, 0.4) is 0 Å². The molecule has 0 rings (SSSR count). The van der Waals surface area contributed by atoms with Crippen LogP contribution in [0.4, 0.5) is 0 Å². The van der Waals surface area contributed by atoms with Gasteiger partial charge in [-0.15, -0.1) is 0 Å². The Bertz CT molecular complexity index is 902. The van der Waals surface area contributed by atoms with E-state index in [4.69, 9.17) is 9.47 Å². The molecule has 0 aromatic carbocycles. The quantitative estimate of drug-likeness (QED) is 0.0345. The fraction of sp³-hybridized carbons (Fsp3) is 0.893. The number of hydrogen-bond donors (Lipinski definition) is 0. The van der Waals surface area contributed by atoms with Gasteiger partial charge < -0.3 is 19.3 Å². The van der Waals surface area contributed by atoms with Crippen molar-refractivity contribution >= 4 is 11.9 Å². The molecule has 62 heavy (non-hydrogen) atoms. The molecule has 0 bridgehead atoms. The van der Waals surface area contributed by atoms with Crippen LogP contribution < -0.4 is 0 Å². The second-order valence-corrected chi connectivity index (χ2v) is 19.3. The molecule has 0 fully saturated rings.